The van der Waals surface area contributed by atoms with Crippen LogP contribution in [0, 0.1) is 5.92 Å². The number of likely N-dealkylation sites (tertiary alicyclic amines) is 1. The van der Waals surface area contributed by atoms with E-state index in [1.54, 1.807) is 7.11 Å². The van der Waals surface area contributed by atoms with E-state index in [0.717, 1.165) is 23.8 Å². The van der Waals surface area contributed by atoms with Crippen LogP contribution in [0.2, 0.25) is 0 Å². The zero-order valence-corrected chi connectivity index (χ0v) is 12.5. The molecule has 0 saturated carbocycles. The quantitative estimate of drug-likeness (QED) is 0.821. The average Bonchev–Trinajstić information content (AvgIpc) is 2.89. The second kappa shape index (κ2) is 4.74. The van der Waals surface area contributed by atoms with Crippen LogP contribution in [0.25, 0.3) is 0 Å². The molecule has 0 N–H and O–H groups in total. The predicted molar refractivity (Wildman–Crippen MR) is 80.2 cm³/mol. The Morgan fingerprint density at radius 1 is 1.05 bits per heavy atom. The third-order valence-electron chi connectivity index (χ3n) is 5.78. The van der Waals surface area contributed by atoms with Gasteiger partial charge in [-0.15, -0.1) is 0 Å². The molecule has 4 heterocycles. The highest BCUT2D eigenvalue weighted by Gasteiger charge is 2.51. The second-order valence-corrected chi connectivity index (χ2v) is 6.67. The molecule has 4 fully saturated rings. The fourth-order valence-corrected chi connectivity index (χ4v) is 4.86. The molecule has 4 aliphatic heterocycles. The molecule has 0 spiro atoms. The van der Waals surface area contributed by atoms with E-state index in [1.807, 2.05) is 0 Å². The van der Waals surface area contributed by atoms with Gasteiger partial charge in [-0.1, -0.05) is 12.1 Å². The first-order chi connectivity index (χ1) is 9.78. The number of likely N-dealkylation sites (N-methyl/N-ethyl adjacent to an activating group) is 1. The van der Waals surface area contributed by atoms with Gasteiger partial charge in [0, 0.05) is 24.5 Å². The van der Waals surface area contributed by atoms with Gasteiger partial charge in [-0.05, 0) is 56.6 Å². The van der Waals surface area contributed by atoms with Crippen LogP contribution in [0.15, 0.2) is 24.3 Å². The van der Waals surface area contributed by atoms with Gasteiger partial charge >= 0.3 is 0 Å². The third kappa shape index (κ3) is 1.80. The second-order valence-electron chi connectivity index (χ2n) is 6.67. The zero-order valence-electron chi connectivity index (χ0n) is 12.5. The average molecular weight is 272 g/mol. The van der Waals surface area contributed by atoms with Gasteiger partial charge in [0.2, 0.25) is 0 Å². The molecular formula is C17H24N2O. The molecule has 0 radical (unpaired) electrons. The summed E-state index contributed by atoms with van der Waals surface area (Å²) in [4.78, 5) is 5.37. The van der Waals surface area contributed by atoms with E-state index in [4.69, 9.17) is 4.74 Å². The van der Waals surface area contributed by atoms with Crippen LogP contribution in [0.1, 0.15) is 24.3 Å². The lowest BCUT2D eigenvalue weighted by atomic mass is 9.75. The van der Waals surface area contributed by atoms with Crippen molar-refractivity contribution in [3.05, 3.63) is 29.8 Å². The lowest BCUT2D eigenvalue weighted by molar-refractivity contribution is 0.000199. The smallest absolute Gasteiger partial charge is 0.118 e. The molecule has 2 bridgehead atoms. The van der Waals surface area contributed by atoms with Crippen LogP contribution in [0.4, 0.5) is 0 Å². The molecule has 3 atom stereocenters. The Bertz CT molecular complexity index is 478. The number of ether oxygens (including phenoxy) is 1. The van der Waals surface area contributed by atoms with Crippen molar-refractivity contribution in [2.45, 2.75) is 30.8 Å². The molecule has 0 aliphatic carbocycles. The molecule has 108 valence electrons. The van der Waals surface area contributed by atoms with Gasteiger partial charge in [0.05, 0.1) is 7.11 Å². The van der Waals surface area contributed by atoms with Crippen molar-refractivity contribution < 1.29 is 4.74 Å². The molecule has 0 unspecified atom stereocenters. The fraction of sp³-hybridized carbons (Fsp3) is 0.647. The Kier molecular flexibility index (Phi) is 3.00. The summed E-state index contributed by atoms with van der Waals surface area (Å²) >= 11 is 0. The van der Waals surface area contributed by atoms with Crippen molar-refractivity contribution in [3.8, 4) is 5.75 Å². The van der Waals surface area contributed by atoms with Crippen LogP contribution in [0.3, 0.4) is 0 Å². The highest BCUT2D eigenvalue weighted by atomic mass is 16.5. The summed E-state index contributed by atoms with van der Waals surface area (Å²) in [5.41, 5.74) is 1.48. The first-order valence-corrected chi connectivity index (χ1v) is 7.86. The topological polar surface area (TPSA) is 15.7 Å². The van der Waals surface area contributed by atoms with E-state index in [9.17, 15) is 0 Å². The first kappa shape index (κ1) is 12.7. The fourth-order valence-electron chi connectivity index (χ4n) is 4.86. The Balaban J connectivity index is 1.65. The molecule has 3 nitrogen and oxygen atoms in total. The molecule has 0 amide bonds. The van der Waals surface area contributed by atoms with E-state index >= 15 is 0 Å². The van der Waals surface area contributed by atoms with Crippen molar-refractivity contribution in [2.24, 2.45) is 5.92 Å². The van der Waals surface area contributed by atoms with Crippen molar-refractivity contribution >= 4 is 0 Å². The van der Waals surface area contributed by atoms with Crippen LogP contribution in [-0.4, -0.2) is 55.7 Å². The number of rotatable bonds is 2. The summed E-state index contributed by atoms with van der Waals surface area (Å²) in [5, 5.41) is 0. The minimum Gasteiger partial charge on any atom is -0.497 e. The number of methoxy groups -OCH3 is 1. The highest BCUT2D eigenvalue weighted by molar-refractivity contribution is 5.32. The summed E-state index contributed by atoms with van der Waals surface area (Å²) in [6, 6.07) is 10.3. The highest BCUT2D eigenvalue weighted by Crippen LogP contribution is 2.45. The molecule has 5 rings (SSSR count). The van der Waals surface area contributed by atoms with Gasteiger partial charge in [-0.2, -0.15) is 0 Å². The Labute approximate surface area is 121 Å². The number of fused-ring (bicyclic) bond motifs is 2. The summed E-state index contributed by atoms with van der Waals surface area (Å²) in [5.74, 6) is 2.55. The van der Waals surface area contributed by atoms with E-state index in [1.165, 1.54) is 38.0 Å². The molecule has 20 heavy (non-hydrogen) atoms. The van der Waals surface area contributed by atoms with Crippen molar-refractivity contribution in [3.63, 3.8) is 0 Å². The van der Waals surface area contributed by atoms with Crippen molar-refractivity contribution in [1.29, 1.82) is 0 Å². The zero-order chi connectivity index (χ0) is 13.7. The maximum atomic E-state index is 5.29. The largest absolute Gasteiger partial charge is 0.497 e. The number of nitrogens with zero attached hydrogens (tertiary/aromatic N) is 2. The lowest BCUT2D eigenvalue weighted by Crippen LogP contribution is -2.59. The van der Waals surface area contributed by atoms with Gasteiger partial charge in [0.15, 0.2) is 0 Å². The van der Waals surface area contributed by atoms with Gasteiger partial charge in [0.1, 0.15) is 5.75 Å². The van der Waals surface area contributed by atoms with Crippen LogP contribution >= 0.6 is 0 Å². The number of benzene rings is 1. The predicted octanol–water partition coefficient (Wildman–Crippen LogP) is 2.19. The van der Waals surface area contributed by atoms with Gasteiger partial charge < -0.3 is 9.64 Å². The van der Waals surface area contributed by atoms with Crippen molar-refractivity contribution in [1.82, 2.24) is 9.80 Å². The van der Waals surface area contributed by atoms with E-state index in [2.05, 4.69) is 41.1 Å². The summed E-state index contributed by atoms with van der Waals surface area (Å²) in [6.07, 6.45) is 2.81. The van der Waals surface area contributed by atoms with Crippen LogP contribution in [0.5, 0.6) is 5.75 Å². The minimum atomic E-state index is 0.666. The lowest BCUT2D eigenvalue weighted by Gasteiger charge is -2.51. The van der Waals surface area contributed by atoms with Gasteiger partial charge in [0.25, 0.3) is 0 Å². The number of piperidine rings is 3. The van der Waals surface area contributed by atoms with Crippen molar-refractivity contribution in [2.75, 3.05) is 33.8 Å². The molecule has 0 aromatic heterocycles. The number of hydrogen-bond donors (Lipinski definition) is 0. The first-order valence-electron chi connectivity index (χ1n) is 7.86. The van der Waals surface area contributed by atoms with Gasteiger partial charge in [-0.25, -0.2) is 0 Å². The Morgan fingerprint density at radius 2 is 1.75 bits per heavy atom. The maximum absolute atomic E-state index is 5.29. The molecule has 4 aliphatic rings. The Hall–Kier alpha value is -1.06. The Morgan fingerprint density at radius 3 is 2.40 bits per heavy atom. The summed E-state index contributed by atoms with van der Waals surface area (Å²) < 4.78 is 5.29. The van der Waals surface area contributed by atoms with Crippen LogP contribution in [-0.2, 0) is 0 Å². The van der Waals surface area contributed by atoms with E-state index in [0.29, 0.717) is 5.92 Å². The summed E-state index contributed by atoms with van der Waals surface area (Å²) in [7, 11) is 4.06. The van der Waals surface area contributed by atoms with Crippen LogP contribution < -0.4 is 4.74 Å². The third-order valence-corrected chi connectivity index (χ3v) is 5.78. The molecule has 1 aromatic carbocycles. The monoisotopic (exact) mass is 272 g/mol. The van der Waals surface area contributed by atoms with E-state index < -0.39 is 0 Å². The normalized spacial score (nSPS) is 39.8. The molecular weight excluding hydrogens is 248 g/mol. The van der Waals surface area contributed by atoms with E-state index in [-0.39, 0.29) is 0 Å². The SMILES string of the molecule is COc1ccc([C@@H]2CN(C)[C@@H]3C4CCN(CC4)[C@@H]32)cc1. The minimum absolute atomic E-state index is 0.666. The molecule has 4 saturated heterocycles. The molecule has 3 heteroatoms. The molecule has 1 aromatic rings. The standard InChI is InChI=1S/C17H24N2O/c1-18-11-15(12-3-5-14(20-2)6-4-12)17-16(18)13-7-9-19(17)10-8-13/h3-6,13,15-17H,7-11H2,1-2H3/t15-,16+,17+/m0/s1. The van der Waals surface area contributed by atoms with Gasteiger partial charge in [-0.3, -0.25) is 4.90 Å². The summed E-state index contributed by atoms with van der Waals surface area (Å²) in [6.45, 7) is 3.83. The number of hydrogen-bond acceptors (Lipinski definition) is 3. The maximum Gasteiger partial charge on any atom is 0.118 e.